The first-order valence-corrected chi connectivity index (χ1v) is 6.12. The summed E-state index contributed by atoms with van der Waals surface area (Å²) >= 11 is 0. The number of pyridine rings is 1. The number of nitrogens with zero attached hydrogens (tertiary/aromatic N) is 1. The fraction of sp³-hybridized carbons (Fsp3) is 0.286. The first kappa shape index (κ1) is 15.1. The Bertz CT molecular complexity index is 762. The van der Waals surface area contributed by atoms with E-state index in [2.05, 4.69) is 4.74 Å². The number of halogens is 3. The molecule has 0 aliphatic rings. The second-order valence-corrected chi connectivity index (χ2v) is 4.38. The molecule has 0 saturated carbocycles. The summed E-state index contributed by atoms with van der Waals surface area (Å²) in [4.78, 5) is 23.8. The molecule has 0 bridgehead atoms. The average Bonchev–Trinajstić information content (AvgIpc) is 2.45. The van der Waals surface area contributed by atoms with Crippen LogP contribution in [0.25, 0.3) is 10.9 Å². The number of hydrogen-bond donors (Lipinski definition) is 0. The number of alkyl halides is 3. The second-order valence-electron chi connectivity index (χ2n) is 4.38. The standard InChI is InChI=1S/C14H12F3NO3/c1-3-18-7-10(13(20)21-2)12(19)9-6-8(14(15,16)17)4-5-11(9)18/h4-7H,3H2,1-2H3. The van der Waals surface area contributed by atoms with E-state index in [1.165, 1.54) is 16.8 Å². The number of carbonyl (C=O) groups excluding carboxylic acids is 1. The van der Waals surface area contributed by atoms with E-state index in [9.17, 15) is 22.8 Å². The maximum absolute atomic E-state index is 12.8. The highest BCUT2D eigenvalue weighted by Gasteiger charge is 2.31. The summed E-state index contributed by atoms with van der Waals surface area (Å²) in [6.45, 7) is 2.15. The Morgan fingerprint density at radius 2 is 2.00 bits per heavy atom. The van der Waals surface area contributed by atoms with Gasteiger partial charge in [0, 0.05) is 18.1 Å². The van der Waals surface area contributed by atoms with Crippen molar-refractivity contribution in [3.63, 3.8) is 0 Å². The molecular formula is C14H12F3NO3. The number of carbonyl (C=O) groups is 1. The quantitative estimate of drug-likeness (QED) is 0.801. The Balaban J connectivity index is 2.85. The highest BCUT2D eigenvalue weighted by atomic mass is 19.4. The molecular weight excluding hydrogens is 287 g/mol. The highest BCUT2D eigenvalue weighted by Crippen LogP contribution is 2.30. The van der Waals surface area contributed by atoms with Crippen LogP contribution in [0.1, 0.15) is 22.8 Å². The van der Waals surface area contributed by atoms with Crippen LogP contribution in [0, 0.1) is 0 Å². The van der Waals surface area contributed by atoms with Crippen LogP contribution in [-0.4, -0.2) is 17.6 Å². The van der Waals surface area contributed by atoms with Crippen LogP contribution in [0.5, 0.6) is 0 Å². The molecule has 112 valence electrons. The maximum Gasteiger partial charge on any atom is 0.416 e. The van der Waals surface area contributed by atoms with Crippen molar-refractivity contribution in [3.05, 3.63) is 45.7 Å². The lowest BCUT2D eigenvalue weighted by Crippen LogP contribution is -2.20. The van der Waals surface area contributed by atoms with Crippen molar-refractivity contribution < 1.29 is 22.7 Å². The van der Waals surface area contributed by atoms with E-state index < -0.39 is 23.1 Å². The Morgan fingerprint density at radius 3 is 2.52 bits per heavy atom. The van der Waals surface area contributed by atoms with Gasteiger partial charge in [0.15, 0.2) is 0 Å². The number of fused-ring (bicyclic) bond motifs is 1. The van der Waals surface area contributed by atoms with E-state index in [1.54, 1.807) is 6.92 Å². The molecule has 0 N–H and O–H groups in total. The van der Waals surface area contributed by atoms with Crippen molar-refractivity contribution >= 4 is 16.9 Å². The average molecular weight is 299 g/mol. The molecule has 2 rings (SSSR count). The van der Waals surface area contributed by atoms with Gasteiger partial charge >= 0.3 is 12.1 Å². The van der Waals surface area contributed by atoms with Crippen molar-refractivity contribution in [3.8, 4) is 0 Å². The van der Waals surface area contributed by atoms with Gasteiger partial charge in [-0.15, -0.1) is 0 Å². The molecule has 21 heavy (non-hydrogen) atoms. The molecule has 0 saturated heterocycles. The van der Waals surface area contributed by atoms with E-state index in [0.29, 0.717) is 12.1 Å². The molecule has 0 amide bonds. The van der Waals surface area contributed by atoms with Crippen molar-refractivity contribution in [2.45, 2.75) is 19.6 Å². The predicted octanol–water partition coefficient (Wildman–Crippen LogP) is 2.83. The molecule has 0 radical (unpaired) electrons. The first-order valence-electron chi connectivity index (χ1n) is 6.12. The van der Waals surface area contributed by atoms with Gasteiger partial charge in [-0.1, -0.05) is 0 Å². The smallest absolute Gasteiger partial charge is 0.416 e. The molecule has 2 aromatic rings. The number of benzene rings is 1. The second kappa shape index (κ2) is 5.23. The Hall–Kier alpha value is -2.31. The summed E-state index contributed by atoms with van der Waals surface area (Å²) in [5.41, 5.74) is -1.65. The molecule has 0 fully saturated rings. The third-order valence-corrected chi connectivity index (χ3v) is 3.15. The van der Waals surface area contributed by atoms with Gasteiger partial charge in [-0.25, -0.2) is 4.79 Å². The molecule has 4 nitrogen and oxygen atoms in total. The van der Waals surface area contributed by atoms with Gasteiger partial charge in [-0.05, 0) is 25.1 Å². The zero-order chi connectivity index (χ0) is 15.8. The molecule has 1 aromatic heterocycles. The molecule has 1 heterocycles. The summed E-state index contributed by atoms with van der Waals surface area (Å²) in [5, 5.41) is -0.158. The van der Waals surface area contributed by atoms with Gasteiger partial charge in [-0.3, -0.25) is 4.79 Å². The number of aryl methyl sites for hydroxylation is 1. The number of ether oxygens (including phenoxy) is 1. The molecule has 0 aliphatic heterocycles. The molecule has 0 aliphatic carbocycles. The monoisotopic (exact) mass is 299 g/mol. The van der Waals surface area contributed by atoms with Gasteiger partial charge in [-0.2, -0.15) is 13.2 Å². The minimum Gasteiger partial charge on any atom is -0.465 e. The van der Waals surface area contributed by atoms with Crippen molar-refractivity contribution in [1.29, 1.82) is 0 Å². The van der Waals surface area contributed by atoms with Gasteiger partial charge in [0.2, 0.25) is 5.43 Å². The van der Waals surface area contributed by atoms with E-state index >= 15 is 0 Å². The third-order valence-electron chi connectivity index (χ3n) is 3.15. The van der Waals surface area contributed by atoms with Crippen LogP contribution in [0.3, 0.4) is 0 Å². The molecule has 0 atom stereocenters. The van der Waals surface area contributed by atoms with Crippen LogP contribution in [-0.2, 0) is 17.5 Å². The number of esters is 1. The predicted molar refractivity (Wildman–Crippen MR) is 70.2 cm³/mol. The lowest BCUT2D eigenvalue weighted by atomic mass is 10.1. The van der Waals surface area contributed by atoms with Gasteiger partial charge < -0.3 is 9.30 Å². The molecule has 1 aromatic carbocycles. The summed E-state index contributed by atoms with van der Waals surface area (Å²) in [5.74, 6) is -0.874. The summed E-state index contributed by atoms with van der Waals surface area (Å²) < 4.78 is 44.3. The molecule has 0 unspecified atom stereocenters. The lowest BCUT2D eigenvalue weighted by Gasteiger charge is -2.13. The van der Waals surface area contributed by atoms with E-state index in [1.807, 2.05) is 0 Å². The Labute approximate surface area is 117 Å². The van der Waals surface area contributed by atoms with Gasteiger partial charge in [0.1, 0.15) is 5.56 Å². The van der Waals surface area contributed by atoms with Crippen LogP contribution in [0.2, 0.25) is 0 Å². The topological polar surface area (TPSA) is 48.3 Å². The van der Waals surface area contributed by atoms with Crippen LogP contribution >= 0.6 is 0 Å². The lowest BCUT2D eigenvalue weighted by molar-refractivity contribution is -0.137. The van der Waals surface area contributed by atoms with E-state index in [0.717, 1.165) is 19.2 Å². The van der Waals surface area contributed by atoms with Crippen LogP contribution in [0.15, 0.2) is 29.2 Å². The zero-order valence-electron chi connectivity index (χ0n) is 11.3. The summed E-state index contributed by atoms with van der Waals surface area (Å²) in [7, 11) is 1.11. The SMILES string of the molecule is CCn1cc(C(=O)OC)c(=O)c2cc(C(F)(F)F)ccc21. The van der Waals surface area contributed by atoms with Crippen LogP contribution in [0.4, 0.5) is 13.2 Å². The Kier molecular flexibility index (Phi) is 3.76. The minimum absolute atomic E-state index is 0.158. The molecule has 0 spiro atoms. The Morgan fingerprint density at radius 1 is 1.33 bits per heavy atom. The largest absolute Gasteiger partial charge is 0.465 e. The fourth-order valence-electron chi connectivity index (χ4n) is 2.09. The highest BCUT2D eigenvalue weighted by molar-refractivity contribution is 5.93. The summed E-state index contributed by atoms with van der Waals surface area (Å²) in [6.07, 6.45) is -3.26. The maximum atomic E-state index is 12.8. The normalized spacial score (nSPS) is 11.7. The summed E-state index contributed by atoms with van der Waals surface area (Å²) in [6, 6.07) is 2.89. The van der Waals surface area contributed by atoms with Crippen molar-refractivity contribution in [2.75, 3.05) is 7.11 Å². The number of hydrogen-bond acceptors (Lipinski definition) is 3. The third kappa shape index (κ3) is 2.63. The van der Waals surface area contributed by atoms with E-state index in [-0.39, 0.29) is 10.9 Å². The van der Waals surface area contributed by atoms with Crippen LogP contribution < -0.4 is 5.43 Å². The zero-order valence-corrected chi connectivity index (χ0v) is 11.3. The fourth-order valence-corrected chi connectivity index (χ4v) is 2.09. The van der Waals surface area contributed by atoms with Gasteiger partial charge in [0.25, 0.3) is 0 Å². The van der Waals surface area contributed by atoms with E-state index in [4.69, 9.17) is 0 Å². The first-order chi connectivity index (χ1) is 9.79. The minimum atomic E-state index is -4.56. The number of methoxy groups -OCH3 is 1. The number of rotatable bonds is 2. The van der Waals surface area contributed by atoms with Gasteiger partial charge in [0.05, 0.1) is 18.2 Å². The van der Waals surface area contributed by atoms with Crippen molar-refractivity contribution in [2.24, 2.45) is 0 Å². The van der Waals surface area contributed by atoms with Crippen molar-refractivity contribution in [1.82, 2.24) is 4.57 Å². The molecule has 7 heteroatoms. The number of aromatic nitrogens is 1.